The largest absolute Gasteiger partial charge is 0.293 e. The van der Waals surface area contributed by atoms with E-state index in [2.05, 4.69) is 56.1 Å². The van der Waals surface area contributed by atoms with Gasteiger partial charge in [0.1, 0.15) is 0 Å². The second kappa shape index (κ2) is 5.80. The van der Waals surface area contributed by atoms with Crippen LogP contribution in [0.3, 0.4) is 0 Å². The van der Waals surface area contributed by atoms with Crippen LogP contribution < -0.4 is 0 Å². The number of thiophene rings is 1. The Balaban J connectivity index is 1.87. The lowest BCUT2D eigenvalue weighted by molar-refractivity contribution is 0.0997. The lowest BCUT2D eigenvalue weighted by atomic mass is 10.0. The number of fused-ring (bicyclic) bond motifs is 1. The molecule has 0 radical (unpaired) electrons. The Hall–Kier alpha value is -0.970. The van der Waals surface area contributed by atoms with E-state index in [0.29, 0.717) is 6.42 Å². The first-order valence-electron chi connectivity index (χ1n) is 6.09. The molecular weight excluding hydrogens is 400 g/mol. The zero-order valence-electron chi connectivity index (χ0n) is 10.4. The maximum Gasteiger partial charge on any atom is 0.177 e. The van der Waals surface area contributed by atoms with E-state index in [9.17, 15) is 4.79 Å². The first-order valence-corrected chi connectivity index (χ1v) is 8.49. The number of halogens is 2. The molecule has 0 atom stereocenters. The summed E-state index contributed by atoms with van der Waals surface area (Å²) in [4.78, 5) is 13.1. The number of hydrogen-bond acceptors (Lipinski definition) is 2. The van der Waals surface area contributed by atoms with Gasteiger partial charge in [-0.3, -0.25) is 4.79 Å². The van der Waals surface area contributed by atoms with Gasteiger partial charge in [-0.2, -0.15) is 0 Å². The molecule has 0 aliphatic carbocycles. The van der Waals surface area contributed by atoms with Gasteiger partial charge in [-0.15, -0.1) is 11.3 Å². The molecule has 0 aliphatic rings. The van der Waals surface area contributed by atoms with Gasteiger partial charge in [0.25, 0.3) is 0 Å². The van der Waals surface area contributed by atoms with Crippen LogP contribution in [-0.4, -0.2) is 5.78 Å². The predicted octanol–water partition coefficient (Wildman–Crippen LogP) is 5.85. The Morgan fingerprint density at radius 3 is 2.45 bits per heavy atom. The molecule has 0 saturated heterocycles. The van der Waals surface area contributed by atoms with E-state index in [1.165, 1.54) is 22.1 Å². The summed E-state index contributed by atoms with van der Waals surface area (Å²) in [5.74, 6) is 0.150. The molecule has 0 aliphatic heterocycles. The van der Waals surface area contributed by atoms with Gasteiger partial charge in [0.15, 0.2) is 5.78 Å². The average Bonchev–Trinajstić information content (AvgIpc) is 2.79. The van der Waals surface area contributed by atoms with E-state index in [0.717, 1.165) is 18.7 Å². The fourth-order valence-corrected chi connectivity index (χ4v) is 4.08. The van der Waals surface area contributed by atoms with Crippen molar-refractivity contribution in [1.29, 1.82) is 0 Å². The first-order chi connectivity index (χ1) is 9.63. The highest BCUT2D eigenvalue weighted by atomic mass is 79.9. The molecule has 100 valence electrons. The number of carbonyl (C=O) groups is 1. The van der Waals surface area contributed by atoms with Gasteiger partial charge in [0.05, 0.1) is 8.66 Å². The Bertz CT molecular complexity index is 773. The molecule has 0 saturated carbocycles. The van der Waals surface area contributed by atoms with Crippen LogP contribution in [0.4, 0.5) is 0 Å². The minimum Gasteiger partial charge on any atom is -0.293 e. The summed E-state index contributed by atoms with van der Waals surface area (Å²) in [5, 5.41) is 2.37. The standard InChI is InChI=1S/C16H10Br2OS/c17-13-9-15(20-16(13)18)14(19)8-10-5-6-11-3-1-2-4-12(11)7-10/h1-7,9H,8H2. The topological polar surface area (TPSA) is 17.1 Å². The smallest absolute Gasteiger partial charge is 0.177 e. The monoisotopic (exact) mass is 408 g/mol. The van der Waals surface area contributed by atoms with Crippen LogP contribution in [0.15, 0.2) is 56.8 Å². The predicted molar refractivity (Wildman–Crippen MR) is 91.7 cm³/mol. The highest BCUT2D eigenvalue weighted by molar-refractivity contribution is 9.13. The van der Waals surface area contributed by atoms with Crippen molar-refractivity contribution < 1.29 is 4.79 Å². The number of carbonyl (C=O) groups excluding carboxylic acids is 1. The van der Waals surface area contributed by atoms with E-state index in [1.807, 2.05) is 24.3 Å². The van der Waals surface area contributed by atoms with Crippen molar-refractivity contribution in [2.24, 2.45) is 0 Å². The normalized spacial score (nSPS) is 10.9. The fraction of sp³-hybridized carbons (Fsp3) is 0.0625. The number of hydrogen-bond donors (Lipinski definition) is 0. The molecule has 3 aromatic rings. The zero-order chi connectivity index (χ0) is 14.1. The van der Waals surface area contributed by atoms with Gasteiger partial charge in [-0.1, -0.05) is 42.5 Å². The third kappa shape index (κ3) is 2.87. The molecule has 1 nitrogen and oxygen atoms in total. The SMILES string of the molecule is O=C(Cc1ccc2ccccc2c1)c1cc(Br)c(Br)s1. The molecule has 3 rings (SSSR count). The molecule has 0 bridgehead atoms. The molecule has 2 aromatic carbocycles. The third-order valence-electron chi connectivity index (χ3n) is 3.10. The second-order valence-corrected chi connectivity index (χ2v) is 7.74. The van der Waals surface area contributed by atoms with Crippen LogP contribution in [0.5, 0.6) is 0 Å². The lowest BCUT2D eigenvalue weighted by Crippen LogP contribution is -2.00. The summed E-state index contributed by atoms with van der Waals surface area (Å²) in [6.07, 6.45) is 0.435. The van der Waals surface area contributed by atoms with Gasteiger partial charge in [0.2, 0.25) is 0 Å². The Morgan fingerprint density at radius 1 is 1.00 bits per heavy atom. The number of rotatable bonds is 3. The fourth-order valence-electron chi connectivity index (χ4n) is 2.11. The van der Waals surface area contributed by atoms with Gasteiger partial charge < -0.3 is 0 Å². The first kappa shape index (κ1) is 14.0. The van der Waals surface area contributed by atoms with Crippen LogP contribution in [0.1, 0.15) is 15.2 Å². The quantitative estimate of drug-likeness (QED) is 0.495. The highest BCUT2D eigenvalue weighted by Crippen LogP contribution is 2.33. The van der Waals surface area contributed by atoms with Crippen LogP contribution in [0.25, 0.3) is 10.8 Å². The van der Waals surface area contributed by atoms with E-state index in [-0.39, 0.29) is 5.78 Å². The second-order valence-electron chi connectivity index (χ2n) is 4.51. The van der Waals surface area contributed by atoms with Gasteiger partial charge in [-0.05, 0) is 54.3 Å². The van der Waals surface area contributed by atoms with Gasteiger partial charge >= 0.3 is 0 Å². The Morgan fingerprint density at radius 2 is 1.75 bits per heavy atom. The van der Waals surface area contributed by atoms with Gasteiger partial charge in [-0.25, -0.2) is 0 Å². The Labute approximate surface area is 137 Å². The summed E-state index contributed by atoms with van der Waals surface area (Å²) in [6, 6.07) is 16.2. The van der Waals surface area contributed by atoms with E-state index < -0.39 is 0 Å². The summed E-state index contributed by atoms with van der Waals surface area (Å²) >= 11 is 8.30. The summed E-state index contributed by atoms with van der Waals surface area (Å²) in [5.41, 5.74) is 1.05. The van der Waals surface area contributed by atoms with Crippen molar-refractivity contribution in [1.82, 2.24) is 0 Å². The molecule has 0 unspecified atom stereocenters. The number of Topliss-reactive ketones (excluding diaryl/α,β-unsaturated/α-hetero) is 1. The third-order valence-corrected chi connectivity index (χ3v) is 6.40. The summed E-state index contributed by atoms with van der Waals surface area (Å²) in [6.45, 7) is 0. The summed E-state index contributed by atoms with van der Waals surface area (Å²) < 4.78 is 1.89. The van der Waals surface area contributed by atoms with Crippen molar-refractivity contribution in [3.63, 3.8) is 0 Å². The van der Waals surface area contributed by atoms with E-state index in [1.54, 1.807) is 0 Å². The van der Waals surface area contributed by atoms with E-state index in [4.69, 9.17) is 0 Å². The van der Waals surface area contributed by atoms with Gasteiger partial charge in [0, 0.05) is 10.9 Å². The molecule has 0 amide bonds. The summed E-state index contributed by atoms with van der Waals surface area (Å²) in [7, 11) is 0. The maximum atomic E-state index is 12.3. The molecule has 0 fully saturated rings. The molecule has 4 heteroatoms. The van der Waals surface area contributed by atoms with Crippen molar-refractivity contribution in [2.75, 3.05) is 0 Å². The van der Waals surface area contributed by atoms with Crippen molar-refractivity contribution in [3.8, 4) is 0 Å². The highest BCUT2D eigenvalue weighted by Gasteiger charge is 2.12. The number of ketones is 1. The minimum absolute atomic E-state index is 0.150. The van der Waals surface area contributed by atoms with Crippen LogP contribution in [0.2, 0.25) is 0 Å². The van der Waals surface area contributed by atoms with Crippen LogP contribution >= 0.6 is 43.2 Å². The molecule has 1 heterocycles. The lowest BCUT2D eigenvalue weighted by Gasteiger charge is -2.02. The number of benzene rings is 2. The zero-order valence-corrected chi connectivity index (χ0v) is 14.4. The van der Waals surface area contributed by atoms with Crippen molar-refractivity contribution >= 4 is 59.8 Å². The van der Waals surface area contributed by atoms with Crippen molar-refractivity contribution in [2.45, 2.75) is 6.42 Å². The van der Waals surface area contributed by atoms with E-state index >= 15 is 0 Å². The van der Waals surface area contributed by atoms with Crippen LogP contribution in [-0.2, 0) is 6.42 Å². The minimum atomic E-state index is 0.150. The average molecular weight is 410 g/mol. The molecule has 0 spiro atoms. The van der Waals surface area contributed by atoms with Crippen LogP contribution in [0, 0.1) is 0 Å². The molecule has 20 heavy (non-hydrogen) atoms. The maximum absolute atomic E-state index is 12.3. The Kier molecular flexibility index (Phi) is 4.06. The molecule has 0 N–H and O–H groups in total. The molecule has 1 aromatic heterocycles. The van der Waals surface area contributed by atoms with Crippen molar-refractivity contribution in [3.05, 3.63) is 67.2 Å². The molecular formula is C16H10Br2OS.